The van der Waals surface area contributed by atoms with Crippen LogP contribution in [0.3, 0.4) is 0 Å². The van der Waals surface area contributed by atoms with Crippen molar-refractivity contribution in [2.45, 2.75) is 27.3 Å². The minimum Gasteiger partial charge on any atom is -0.496 e. The van der Waals surface area contributed by atoms with E-state index in [1.54, 1.807) is 18.4 Å². The second kappa shape index (κ2) is 7.31. The fraction of sp³-hybridized carbons (Fsp3) is 0.438. The molecule has 0 amide bonds. The molecule has 0 fully saturated rings. The normalized spacial score (nSPS) is 10.5. The standard InChI is InChI=1S/C16H23N3OS/c1-5-19(6-2)16-18-11-14(21-16)10-17-13-7-8-15(20-4)12(3)9-13/h7-9,11,17H,5-6,10H2,1-4H3. The van der Waals surface area contributed by atoms with Gasteiger partial charge in [-0.3, -0.25) is 0 Å². The molecule has 0 spiro atoms. The lowest BCUT2D eigenvalue weighted by Crippen LogP contribution is -2.21. The maximum absolute atomic E-state index is 5.28. The zero-order valence-electron chi connectivity index (χ0n) is 13.1. The summed E-state index contributed by atoms with van der Waals surface area (Å²) in [4.78, 5) is 8.01. The van der Waals surface area contributed by atoms with Crippen molar-refractivity contribution in [1.82, 2.24) is 4.98 Å². The average Bonchev–Trinajstić information content (AvgIpc) is 2.95. The Hall–Kier alpha value is -1.75. The summed E-state index contributed by atoms with van der Waals surface area (Å²) < 4.78 is 5.28. The fourth-order valence-electron chi connectivity index (χ4n) is 2.20. The van der Waals surface area contributed by atoms with E-state index in [1.165, 1.54) is 4.88 Å². The van der Waals surface area contributed by atoms with E-state index >= 15 is 0 Å². The second-order valence-electron chi connectivity index (χ2n) is 4.82. The number of anilines is 2. The van der Waals surface area contributed by atoms with Gasteiger partial charge in [-0.15, -0.1) is 11.3 Å². The third kappa shape index (κ3) is 3.88. The number of rotatable bonds is 7. The van der Waals surface area contributed by atoms with E-state index in [1.807, 2.05) is 18.3 Å². The highest BCUT2D eigenvalue weighted by Crippen LogP contribution is 2.25. The largest absolute Gasteiger partial charge is 0.496 e. The number of hydrogen-bond donors (Lipinski definition) is 1. The van der Waals surface area contributed by atoms with Crippen molar-refractivity contribution in [3.8, 4) is 5.75 Å². The Kier molecular flexibility index (Phi) is 5.44. The maximum atomic E-state index is 5.28. The lowest BCUT2D eigenvalue weighted by Gasteiger charge is -2.16. The molecule has 0 atom stereocenters. The number of thiazole rings is 1. The van der Waals surface area contributed by atoms with E-state index in [2.05, 4.69) is 42.0 Å². The zero-order valence-corrected chi connectivity index (χ0v) is 14.0. The summed E-state index contributed by atoms with van der Waals surface area (Å²) in [6.45, 7) is 9.15. The molecule has 1 N–H and O–H groups in total. The molecule has 2 aromatic rings. The molecule has 1 aromatic heterocycles. The molecule has 0 aliphatic heterocycles. The van der Waals surface area contributed by atoms with Crippen molar-refractivity contribution >= 4 is 22.2 Å². The Morgan fingerprint density at radius 3 is 2.67 bits per heavy atom. The lowest BCUT2D eigenvalue weighted by atomic mass is 10.2. The molecular weight excluding hydrogens is 282 g/mol. The van der Waals surface area contributed by atoms with Gasteiger partial charge < -0.3 is 15.0 Å². The molecule has 0 saturated carbocycles. The van der Waals surface area contributed by atoms with Crippen LogP contribution in [0.5, 0.6) is 5.75 Å². The second-order valence-corrected chi connectivity index (χ2v) is 5.91. The van der Waals surface area contributed by atoms with E-state index in [9.17, 15) is 0 Å². The fourth-order valence-corrected chi connectivity index (χ4v) is 3.17. The van der Waals surface area contributed by atoms with Crippen LogP contribution in [-0.2, 0) is 6.54 Å². The number of ether oxygens (including phenoxy) is 1. The number of aryl methyl sites for hydroxylation is 1. The first-order chi connectivity index (χ1) is 10.2. The van der Waals surface area contributed by atoms with Crippen molar-refractivity contribution in [3.05, 3.63) is 34.8 Å². The molecule has 0 radical (unpaired) electrons. The first-order valence-electron chi connectivity index (χ1n) is 7.26. The molecule has 21 heavy (non-hydrogen) atoms. The van der Waals surface area contributed by atoms with Crippen LogP contribution in [0.4, 0.5) is 10.8 Å². The minimum atomic E-state index is 0.796. The molecule has 0 bridgehead atoms. The van der Waals surface area contributed by atoms with Gasteiger partial charge in [-0.2, -0.15) is 0 Å². The van der Waals surface area contributed by atoms with Gasteiger partial charge in [-0.05, 0) is 44.5 Å². The van der Waals surface area contributed by atoms with Gasteiger partial charge >= 0.3 is 0 Å². The van der Waals surface area contributed by atoms with Gasteiger partial charge in [0.1, 0.15) is 5.75 Å². The molecule has 1 aromatic carbocycles. The van der Waals surface area contributed by atoms with E-state index in [0.29, 0.717) is 0 Å². The van der Waals surface area contributed by atoms with Gasteiger partial charge in [0.25, 0.3) is 0 Å². The SMILES string of the molecule is CCN(CC)c1ncc(CNc2ccc(OC)c(C)c2)s1. The van der Waals surface area contributed by atoms with Crippen molar-refractivity contribution in [1.29, 1.82) is 0 Å². The molecule has 5 heteroatoms. The van der Waals surface area contributed by atoms with E-state index in [4.69, 9.17) is 4.74 Å². The summed E-state index contributed by atoms with van der Waals surface area (Å²) in [7, 11) is 1.70. The van der Waals surface area contributed by atoms with Crippen molar-refractivity contribution in [3.63, 3.8) is 0 Å². The Bertz CT molecular complexity index is 579. The average molecular weight is 305 g/mol. The third-order valence-electron chi connectivity index (χ3n) is 3.44. The summed E-state index contributed by atoms with van der Waals surface area (Å²) >= 11 is 1.75. The highest BCUT2D eigenvalue weighted by atomic mass is 32.1. The topological polar surface area (TPSA) is 37.4 Å². The number of hydrogen-bond acceptors (Lipinski definition) is 5. The molecule has 0 saturated heterocycles. The molecule has 0 aliphatic carbocycles. The smallest absolute Gasteiger partial charge is 0.185 e. The third-order valence-corrected chi connectivity index (χ3v) is 4.50. The Labute approximate surface area is 130 Å². The summed E-state index contributed by atoms with van der Waals surface area (Å²) in [5.74, 6) is 0.919. The van der Waals surface area contributed by atoms with Crippen LogP contribution in [0.2, 0.25) is 0 Å². The van der Waals surface area contributed by atoms with Gasteiger partial charge in [0.2, 0.25) is 0 Å². The number of aromatic nitrogens is 1. The van der Waals surface area contributed by atoms with Crippen LogP contribution < -0.4 is 15.0 Å². The van der Waals surface area contributed by atoms with Crippen LogP contribution in [0.25, 0.3) is 0 Å². The quantitative estimate of drug-likeness (QED) is 0.841. The predicted octanol–water partition coefficient (Wildman–Crippen LogP) is 3.92. The number of methoxy groups -OCH3 is 1. The van der Waals surface area contributed by atoms with Crippen LogP contribution >= 0.6 is 11.3 Å². The Morgan fingerprint density at radius 2 is 2.05 bits per heavy atom. The molecular formula is C16H23N3OS. The molecule has 4 nitrogen and oxygen atoms in total. The molecule has 114 valence electrons. The molecule has 0 aliphatic rings. The molecule has 2 rings (SSSR count). The van der Waals surface area contributed by atoms with Crippen molar-refractivity contribution < 1.29 is 4.74 Å². The number of benzene rings is 1. The van der Waals surface area contributed by atoms with E-state index < -0.39 is 0 Å². The zero-order chi connectivity index (χ0) is 15.2. The van der Waals surface area contributed by atoms with E-state index in [-0.39, 0.29) is 0 Å². The van der Waals surface area contributed by atoms with Gasteiger partial charge in [0.15, 0.2) is 5.13 Å². The summed E-state index contributed by atoms with van der Waals surface area (Å²) in [5, 5.41) is 4.54. The van der Waals surface area contributed by atoms with Gasteiger partial charge in [0, 0.05) is 29.9 Å². The monoisotopic (exact) mass is 305 g/mol. The van der Waals surface area contributed by atoms with Crippen molar-refractivity contribution in [2.75, 3.05) is 30.4 Å². The molecule has 1 heterocycles. The van der Waals surface area contributed by atoms with Gasteiger partial charge in [0.05, 0.1) is 13.7 Å². The Balaban J connectivity index is 1.98. The minimum absolute atomic E-state index is 0.796. The first kappa shape index (κ1) is 15.6. The number of nitrogens with zero attached hydrogens (tertiary/aromatic N) is 2. The maximum Gasteiger partial charge on any atom is 0.185 e. The summed E-state index contributed by atoms with van der Waals surface area (Å²) in [5.41, 5.74) is 2.24. The Morgan fingerprint density at radius 1 is 1.29 bits per heavy atom. The van der Waals surface area contributed by atoms with Crippen LogP contribution in [0, 0.1) is 6.92 Å². The highest BCUT2D eigenvalue weighted by molar-refractivity contribution is 7.15. The van der Waals surface area contributed by atoms with Crippen molar-refractivity contribution in [2.24, 2.45) is 0 Å². The summed E-state index contributed by atoms with van der Waals surface area (Å²) in [6, 6.07) is 6.13. The number of nitrogens with one attached hydrogen (secondary N) is 1. The van der Waals surface area contributed by atoms with Crippen LogP contribution in [0.15, 0.2) is 24.4 Å². The lowest BCUT2D eigenvalue weighted by molar-refractivity contribution is 0.412. The van der Waals surface area contributed by atoms with Gasteiger partial charge in [-0.25, -0.2) is 4.98 Å². The van der Waals surface area contributed by atoms with Crippen LogP contribution in [0.1, 0.15) is 24.3 Å². The first-order valence-corrected chi connectivity index (χ1v) is 8.07. The predicted molar refractivity (Wildman–Crippen MR) is 90.7 cm³/mol. The van der Waals surface area contributed by atoms with Gasteiger partial charge in [-0.1, -0.05) is 0 Å². The highest BCUT2D eigenvalue weighted by Gasteiger charge is 2.07. The summed E-state index contributed by atoms with van der Waals surface area (Å²) in [6.07, 6.45) is 1.96. The molecule has 0 unspecified atom stereocenters. The van der Waals surface area contributed by atoms with Crippen LogP contribution in [-0.4, -0.2) is 25.2 Å². The van der Waals surface area contributed by atoms with E-state index in [0.717, 1.165) is 41.8 Å².